The lowest BCUT2D eigenvalue weighted by atomic mass is 10.0. The van der Waals surface area contributed by atoms with Crippen molar-refractivity contribution in [3.05, 3.63) is 30.1 Å². The first kappa shape index (κ1) is 14.6. The van der Waals surface area contributed by atoms with Crippen molar-refractivity contribution in [1.82, 2.24) is 14.9 Å². The molecule has 0 bridgehead atoms. The van der Waals surface area contributed by atoms with E-state index in [4.69, 9.17) is 0 Å². The summed E-state index contributed by atoms with van der Waals surface area (Å²) in [5.41, 5.74) is 2.06. The Morgan fingerprint density at radius 2 is 1.95 bits per heavy atom. The molecule has 1 aromatic heterocycles. The Morgan fingerprint density at radius 3 is 2.55 bits per heavy atom. The van der Waals surface area contributed by atoms with E-state index in [9.17, 15) is 4.79 Å². The topological polar surface area (TPSA) is 46.9 Å². The third kappa shape index (κ3) is 2.69. The summed E-state index contributed by atoms with van der Waals surface area (Å²) in [6.45, 7) is 6.09. The molecule has 0 saturated heterocycles. The number of amides is 1. The Labute approximate surface area is 120 Å². The zero-order chi connectivity index (χ0) is 14.7. The number of para-hydroxylation sites is 2. The number of carbonyl (C=O) groups is 1. The molecule has 1 aromatic carbocycles. The van der Waals surface area contributed by atoms with Gasteiger partial charge in [-0.2, -0.15) is 0 Å². The van der Waals surface area contributed by atoms with Crippen LogP contribution in [0.25, 0.3) is 11.0 Å². The second-order valence-electron chi connectivity index (χ2n) is 5.26. The van der Waals surface area contributed by atoms with Crippen LogP contribution in [0.5, 0.6) is 0 Å². The predicted molar refractivity (Wildman–Crippen MR) is 81.3 cm³/mol. The van der Waals surface area contributed by atoms with Gasteiger partial charge < -0.3 is 9.88 Å². The van der Waals surface area contributed by atoms with Gasteiger partial charge in [0.25, 0.3) is 0 Å². The molecule has 2 aromatic rings. The average Bonchev–Trinajstić information content (AvgIpc) is 2.78. The molecule has 4 heteroatoms. The minimum atomic E-state index is -0.0829. The molecule has 1 atom stereocenters. The van der Waals surface area contributed by atoms with Gasteiger partial charge in [0.1, 0.15) is 5.82 Å². The van der Waals surface area contributed by atoms with Crippen LogP contribution in [-0.4, -0.2) is 15.5 Å². The summed E-state index contributed by atoms with van der Waals surface area (Å²) < 4.78 is 2.05. The van der Waals surface area contributed by atoms with E-state index >= 15 is 0 Å². The zero-order valence-electron chi connectivity index (χ0n) is 12.7. The number of hydrogen-bond acceptors (Lipinski definition) is 2. The molecule has 0 saturated carbocycles. The van der Waals surface area contributed by atoms with Crippen LogP contribution in [-0.2, 0) is 11.8 Å². The van der Waals surface area contributed by atoms with E-state index in [0.29, 0.717) is 0 Å². The van der Waals surface area contributed by atoms with E-state index in [-0.39, 0.29) is 17.9 Å². The number of aryl methyl sites for hydroxylation is 1. The molecule has 0 fully saturated rings. The van der Waals surface area contributed by atoms with Crippen molar-refractivity contribution in [2.45, 2.75) is 39.7 Å². The molecule has 2 rings (SSSR count). The zero-order valence-corrected chi connectivity index (χ0v) is 12.7. The van der Waals surface area contributed by atoms with Crippen molar-refractivity contribution in [1.29, 1.82) is 0 Å². The normalized spacial score (nSPS) is 12.8. The van der Waals surface area contributed by atoms with Gasteiger partial charge in [-0.05, 0) is 31.9 Å². The van der Waals surface area contributed by atoms with E-state index in [2.05, 4.69) is 10.3 Å². The summed E-state index contributed by atoms with van der Waals surface area (Å²) in [7, 11) is 1.99. The van der Waals surface area contributed by atoms with Crippen LogP contribution >= 0.6 is 0 Å². The molecule has 0 spiro atoms. The van der Waals surface area contributed by atoms with Crippen molar-refractivity contribution in [3.8, 4) is 0 Å². The summed E-state index contributed by atoms with van der Waals surface area (Å²) in [4.78, 5) is 16.8. The van der Waals surface area contributed by atoms with Gasteiger partial charge in [-0.1, -0.05) is 26.0 Å². The number of nitrogens with one attached hydrogen (secondary N) is 1. The fraction of sp³-hybridized carbons (Fsp3) is 0.500. The monoisotopic (exact) mass is 273 g/mol. The number of rotatable bonds is 5. The molecule has 1 amide bonds. The SMILES string of the molecule is CCC(CC)C(=O)NC(C)c1nc2ccccc2n1C. The lowest BCUT2D eigenvalue weighted by molar-refractivity contribution is -0.125. The second-order valence-corrected chi connectivity index (χ2v) is 5.26. The highest BCUT2D eigenvalue weighted by Gasteiger charge is 2.20. The lowest BCUT2D eigenvalue weighted by Crippen LogP contribution is -2.33. The standard InChI is InChI=1S/C16H23N3O/c1-5-12(6-2)16(20)17-11(3)15-18-13-9-7-8-10-14(13)19(15)4/h7-12H,5-6H2,1-4H3,(H,17,20). The smallest absolute Gasteiger partial charge is 0.223 e. The molecule has 108 valence electrons. The van der Waals surface area contributed by atoms with Gasteiger partial charge in [0.05, 0.1) is 17.1 Å². The number of imidazole rings is 1. The van der Waals surface area contributed by atoms with E-state index in [1.165, 1.54) is 0 Å². The summed E-state index contributed by atoms with van der Waals surface area (Å²) in [6.07, 6.45) is 1.75. The van der Waals surface area contributed by atoms with Gasteiger partial charge in [0, 0.05) is 13.0 Å². The Morgan fingerprint density at radius 1 is 1.30 bits per heavy atom. The van der Waals surface area contributed by atoms with Crippen LogP contribution in [0.4, 0.5) is 0 Å². The van der Waals surface area contributed by atoms with Gasteiger partial charge in [-0.3, -0.25) is 4.79 Å². The van der Waals surface area contributed by atoms with Crippen LogP contribution in [0.2, 0.25) is 0 Å². The van der Waals surface area contributed by atoms with Crippen LogP contribution in [0.3, 0.4) is 0 Å². The summed E-state index contributed by atoms with van der Waals surface area (Å²) in [5.74, 6) is 1.10. The van der Waals surface area contributed by atoms with E-state index in [0.717, 1.165) is 29.7 Å². The molecular formula is C16H23N3O. The molecule has 4 nitrogen and oxygen atoms in total. The minimum Gasteiger partial charge on any atom is -0.346 e. The van der Waals surface area contributed by atoms with Crippen molar-refractivity contribution in [2.75, 3.05) is 0 Å². The highest BCUT2D eigenvalue weighted by atomic mass is 16.1. The largest absolute Gasteiger partial charge is 0.346 e. The number of aromatic nitrogens is 2. The number of benzene rings is 1. The quantitative estimate of drug-likeness (QED) is 0.909. The van der Waals surface area contributed by atoms with Crippen molar-refractivity contribution in [3.63, 3.8) is 0 Å². The average molecular weight is 273 g/mol. The van der Waals surface area contributed by atoms with Gasteiger partial charge in [-0.25, -0.2) is 4.98 Å². The highest BCUT2D eigenvalue weighted by molar-refractivity contribution is 5.79. The van der Waals surface area contributed by atoms with Gasteiger partial charge in [0.2, 0.25) is 5.91 Å². The Hall–Kier alpha value is -1.84. The van der Waals surface area contributed by atoms with Crippen LogP contribution in [0, 0.1) is 5.92 Å². The number of nitrogens with zero attached hydrogens (tertiary/aromatic N) is 2. The molecule has 1 heterocycles. The predicted octanol–water partition coefficient (Wildman–Crippen LogP) is 3.19. The van der Waals surface area contributed by atoms with Gasteiger partial charge in [-0.15, -0.1) is 0 Å². The molecule has 1 unspecified atom stereocenters. The fourth-order valence-corrected chi connectivity index (χ4v) is 2.61. The first-order valence-electron chi connectivity index (χ1n) is 7.30. The summed E-state index contributed by atoms with van der Waals surface area (Å²) in [5, 5.41) is 3.08. The van der Waals surface area contributed by atoms with Crippen molar-refractivity contribution >= 4 is 16.9 Å². The Balaban J connectivity index is 2.21. The first-order chi connectivity index (χ1) is 9.58. The maximum absolute atomic E-state index is 12.2. The fourth-order valence-electron chi connectivity index (χ4n) is 2.61. The molecule has 0 aliphatic rings. The minimum absolute atomic E-state index is 0.0829. The van der Waals surface area contributed by atoms with Gasteiger partial charge in [0.15, 0.2) is 0 Å². The lowest BCUT2D eigenvalue weighted by Gasteiger charge is -2.18. The Kier molecular flexibility index (Phi) is 4.42. The maximum atomic E-state index is 12.2. The second kappa shape index (κ2) is 6.07. The number of hydrogen-bond donors (Lipinski definition) is 1. The molecule has 0 aliphatic heterocycles. The Bertz CT molecular complexity index is 599. The summed E-state index contributed by atoms with van der Waals surface area (Å²) >= 11 is 0. The maximum Gasteiger partial charge on any atom is 0.223 e. The van der Waals surface area contributed by atoms with Crippen molar-refractivity contribution < 1.29 is 4.79 Å². The summed E-state index contributed by atoms with van der Waals surface area (Å²) in [6, 6.07) is 7.93. The molecule has 1 N–H and O–H groups in total. The highest BCUT2D eigenvalue weighted by Crippen LogP contribution is 2.20. The van der Waals surface area contributed by atoms with E-state index < -0.39 is 0 Å². The van der Waals surface area contributed by atoms with Gasteiger partial charge >= 0.3 is 0 Å². The van der Waals surface area contributed by atoms with Crippen LogP contribution in [0.1, 0.15) is 45.5 Å². The molecule has 0 radical (unpaired) electrons. The first-order valence-corrected chi connectivity index (χ1v) is 7.30. The molecule has 20 heavy (non-hydrogen) atoms. The van der Waals surface area contributed by atoms with Crippen molar-refractivity contribution in [2.24, 2.45) is 13.0 Å². The third-order valence-electron chi connectivity index (χ3n) is 3.92. The van der Waals surface area contributed by atoms with Crippen LogP contribution < -0.4 is 5.32 Å². The molecular weight excluding hydrogens is 250 g/mol. The third-order valence-corrected chi connectivity index (χ3v) is 3.92. The van der Waals surface area contributed by atoms with Crippen LogP contribution in [0.15, 0.2) is 24.3 Å². The van der Waals surface area contributed by atoms with E-state index in [1.54, 1.807) is 0 Å². The van der Waals surface area contributed by atoms with E-state index in [1.807, 2.05) is 56.7 Å². The number of carbonyl (C=O) groups excluding carboxylic acids is 1. The number of fused-ring (bicyclic) bond motifs is 1. The molecule has 0 aliphatic carbocycles.